The van der Waals surface area contributed by atoms with E-state index in [2.05, 4.69) is 33.4 Å². The summed E-state index contributed by atoms with van der Waals surface area (Å²) in [6.07, 6.45) is 11.1. The number of halogens is 1. The maximum atomic E-state index is 11.9. The first-order valence-electron chi connectivity index (χ1n) is 8.50. The van der Waals surface area contributed by atoms with Crippen LogP contribution in [0.2, 0.25) is 5.02 Å². The van der Waals surface area contributed by atoms with Crippen molar-refractivity contribution in [2.45, 2.75) is 12.7 Å². The smallest absolute Gasteiger partial charge is 0.271 e. The molecule has 0 aliphatic rings. The Morgan fingerprint density at radius 2 is 2.17 bits per heavy atom. The van der Waals surface area contributed by atoms with Crippen LogP contribution in [-0.2, 0) is 5.79 Å². The molecule has 0 unspecified atom stereocenters. The Balaban J connectivity index is 0.00000218. The van der Waals surface area contributed by atoms with Gasteiger partial charge in [0.05, 0.1) is 22.8 Å². The van der Waals surface area contributed by atoms with E-state index in [1.807, 2.05) is 6.07 Å². The van der Waals surface area contributed by atoms with Crippen molar-refractivity contribution in [1.82, 2.24) is 15.5 Å². The van der Waals surface area contributed by atoms with Crippen molar-refractivity contribution in [3.8, 4) is 18.9 Å². The van der Waals surface area contributed by atoms with Crippen LogP contribution < -0.4 is 11.1 Å². The Labute approximate surface area is 178 Å². The number of allylic oxidation sites excluding steroid dienone is 1. The van der Waals surface area contributed by atoms with Gasteiger partial charge < -0.3 is 21.3 Å². The van der Waals surface area contributed by atoms with E-state index in [0.717, 1.165) is 6.92 Å². The number of hydrogen-bond donors (Lipinski definition) is 5. The average molecular weight is 429 g/mol. The van der Waals surface area contributed by atoms with E-state index in [0.29, 0.717) is 28.4 Å². The number of aliphatic imine (C=N–C) groups is 1. The number of nitrogens with zero attached hydrogens (tertiary/aromatic N) is 3. The van der Waals surface area contributed by atoms with E-state index in [-0.39, 0.29) is 17.9 Å². The SMILES string of the molecule is C#C.CC(O)(O)c1cc(C(=O)NCCN=C/C=C(\N)c2ccc(C#N)c(Cl)c2)n[nH]1. The topological polar surface area (TPSA) is 160 Å². The van der Waals surface area contributed by atoms with E-state index >= 15 is 0 Å². The van der Waals surface area contributed by atoms with Crippen LogP contribution in [0.15, 0.2) is 35.3 Å². The molecule has 0 saturated heterocycles. The van der Waals surface area contributed by atoms with Crippen molar-refractivity contribution >= 4 is 29.4 Å². The summed E-state index contributed by atoms with van der Waals surface area (Å²) in [6, 6.07) is 8.10. The second-order valence-corrected chi connectivity index (χ2v) is 6.33. The first-order chi connectivity index (χ1) is 14.2. The highest BCUT2D eigenvalue weighted by Gasteiger charge is 2.23. The van der Waals surface area contributed by atoms with E-state index in [1.165, 1.54) is 12.3 Å². The Kier molecular flexibility index (Phi) is 9.27. The first kappa shape index (κ1) is 24.4. The predicted octanol–water partition coefficient (Wildman–Crippen LogP) is 1.14. The number of aromatic amines is 1. The van der Waals surface area contributed by atoms with Gasteiger partial charge in [-0.05, 0) is 36.8 Å². The van der Waals surface area contributed by atoms with Gasteiger partial charge in [-0.3, -0.25) is 14.9 Å². The molecule has 1 aromatic carbocycles. The molecule has 1 heterocycles. The fraction of sp³-hybridized carbons (Fsp3) is 0.200. The number of hydrogen-bond acceptors (Lipinski definition) is 7. The molecule has 1 aromatic heterocycles. The standard InChI is InChI=1S/C18H19ClN6O3.C2H2/c1-18(27,28)16-9-15(24-25-16)17(26)23-7-6-22-5-4-14(21)11-2-3-12(10-20)13(19)8-11;1-2/h2-5,8-9,27-28H,6-7,21H2,1H3,(H,23,26)(H,24,25);1-2H/b14-4-,22-5?;. The summed E-state index contributed by atoms with van der Waals surface area (Å²) >= 11 is 5.97. The molecule has 0 fully saturated rings. The molecule has 0 bridgehead atoms. The molecule has 30 heavy (non-hydrogen) atoms. The normalized spacial score (nSPS) is 11.4. The number of nitriles is 1. The summed E-state index contributed by atoms with van der Waals surface area (Å²) in [4.78, 5) is 16.0. The molecule has 0 aliphatic heterocycles. The van der Waals surface area contributed by atoms with Gasteiger partial charge in [-0.25, -0.2) is 0 Å². The molecular weight excluding hydrogens is 408 g/mol. The van der Waals surface area contributed by atoms with Crippen LogP contribution in [0.1, 0.15) is 34.2 Å². The van der Waals surface area contributed by atoms with Crippen LogP contribution in [0.3, 0.4) is 0 Å². The van der Waals surface area contributed by atoms with Crippen LogP contribution in [0.25, 0.3) is 5.70 Å². The molecule has 2 rings (SSSR count). The van der Waals surface area contributed by atoms with Gasteiger partial charge in [-0.1, -0.05) is 17.7 Å². The van der Waals surface area contributed by atoms with Crippen molar-refractivity contribution < 1.29 is 15.0 Å². The molecule has 0 radical (unpaired) electrons. The number of aromatic nitrogens is 2. The minimum atomic E-state index is -2.10. The minimum Gasteiger partial charge on any atom is -0.398 e. The molecule has 0 atom stereocenters. The highest BCUT2D eigenvalue weighted by atomic mass is 35.5. The minimum absolute atomic E-state index is 0.0131. The van der Waals surface area contributed by atoms with Crippen molar-refractivity contribution in [2.75, 3.05) is 13.1 Å². The van der Waals surface area contributed by atoms with Gasteiger partial charge in [0.25, 0.3) is 5.91 Å². The van der Waals surface area contributed by atoms with Gasteiger partial charge in [0.1, 0.15) is 11.8 Å². The molecule has 156 valence electrons. The number of H-pyrrole nitrogens is 1. The lowest BCUT2D eigenvalue weighted by Gasteiger charge is -2.11. The van der Waals surface area contributed by atoms with Crippen molar-refractivity contribution in [3.63, 3.8) is 0 Å². The van der Waals surface area contributed by atoms with Crippen LogP contribution in [0.5, 0.6) is 0 Å². The second kappa shape index (κ2) is 11.4. The number of rotatable bonds is 7. The van der Waals surface area contributed by atoms with Crippen molar-refractivity contribution in [3.05, 3.63) is 57.9 Å². The first-order valence-corrected chi connectivity index (χ1v) is 8.88. The summed E-state index contributed by atoms with van der Waals surface area (Å²) in [5.41, 5.74) is 7.45. The van der Waals surface area contributed by atoms with E-state index in [4.69, 9.17) is 22.6 Å². The Morgan fingerprint density at radius 3 is 2.73 bits per heavy atom. The summed E-state index contributed by atoms with van der Waals surface area (Å²) in [5.74, 6) is -2.56. The molecule has 6 N–H and O–H groups in total. The average Bonchev–Trinajstić information content (AvgIpc) is 3.22. The summed E-state index contributed by atoms with van der Waals surface area (Å²) in [5, 5.41) is 36.7. The molecule has 9 nitrogen and oxygen atoms in total. The number of amides is 1. The van der Waals surface area contributed by atoms with Crippen LogP contribution in [0.4, 0.5) is 0 Å². The Bertz CT molecular complexity index is 996. The lowest BCUT2D eigenvalue weighted by Crippen LogP contribution is -2.26. The highest BCUT2D eigenvalue weighted by molar-refractivity contribution is 6.31. The summed E-state index contributed by atoms with van der Waals surface area (Å²) in [6.45, 7) is 1.71. The molecule has 2 aromatic rings. The molecular formula is C20H21ClN6O3. The molecule has 0 saturated carbocycles. The van der Waals surface area contributed by atoms with Crippen LogP contribution in [0, 0.1) is 24.2 Å². The number of carbonyl (C=O) groups excluding carboxylic acids is 1. The van der Waals surface area contributed by atoms with Gasteiger partial charge >= 0.3 is 0 Å². The third-order valence-electron chi connectivity index (χ3n) is 3.63. The van der Waals surface area contributed by atoms with Gasteiger partial charge in [0, 0.05) is 18.5 Å². The number of benzene rings is 1. The number of terminal acetylenes is 1. The van der Waals surface area contributed by atoms with E-state index in [9.17, 15) is 15.0 Å². The zero-order valence-corrected chi connectivity index (χ0v) is 16.9. The van der Waals surface area contributed by atoms with Gasteiger partial charge in [0.15, 0.2) is 0 Å². The summed E-state index contributed by atoms with van der Waals surface area (Å²) in [7, 11) is 0. The lowest BCUT2D eigenvalue weighted by molar-refractivity contribution is -0.155. The van der Waals surface area contributed by atoms with Crippen molar-refractivity contribution in [2.24, 2.45) is 10.7 Å². The Morgan fingerprint density at radius 1 is 1.47 bits per heavy atom. The number of nitrogens with two attached hydrogens (primary N) is 1. The van der Waals surface area contributed by atoms with Gasteiger partial charge in [-0.15, -0.1) is 12.8 Å². The van der Waals surface area contributed by atoms with E-state index in [1.54, 1.807) is 24.3 Å². The number of nitrogens with one attached hydrogen (secondary N) is 2. The Hall–Kier alpha value is -3.63. The molecule has 10 heteroatoms. The highest BCUT2D eigenvalue weighted by Crippen LogP contribution is 2.19. The zero-order chi connectivity index (χ0) is 22.7. The predicted molar refractivity (Wildman–Crippen MR) is 114 cm³/mol. The van der Waals surface area contributed by atoms with Gasteiger partial charge in [-0.2, -0.15) is 10.4 Å². The maximum Gasteiger partial charge on any atom is 0.271 e. The fourth-order valence-corrected chi connectivity index (χ4v) is 2.32. The third kappa shape index (κ3) is 7.08. The van der Waals surface area contributed by atoms with Crippen LogP contribution >= 0.6 is 11.6 Å². The molecule has 0 spiro atoms. The largest absolute Gasteiger partial charge is 0.398 e. The quantitative estimate of drug-likeness (QED) is 0.192. The number of aliphatic hydroxyl groups is 2. The maximum absolute atomic E-state index is 11.9. The summed E-state index contributed by atoms with van der Waals surface area (Å²) < 4.78 is 0. The van der Waals surface area contributed by atoms with Crippen molar-refractivity contribution in [1.29, 1.82) is 5.26 Å². The second-order valence-electron chi connectivity index (χ2n) is 5.93. The van der Waals surface area contributed by atoms with Crippen LogP contribution in [-0.4, -0.2) is 45.6 Å². The third-order valence-corrected chi connectivity index (χ3v) is 3.94. The lowest BCUT2D eigenvalue weighted by atomic mass is 10.1. The monoisotopic (exact) mass is 428 g/mol. The van der Waals surface area contributed by atoms with Gasteiger partial charge in [0.2, 0.25) is 5.79 Å². The molecule has 1 amide bonds. The number of carbonyl (C=O) groups is 1. The fourth-order valence-electron chi connectivity index (χ4n) is 2.09. The zero-order valence-electron chi connectivity index (χ0n) is 16.1. The molecule has 0 aliphatic carbocycles. The van der Waals surface area contributed by atoms with E-state index < -0.39 is 11.7 Å².